The molecule has 1 aliphatic rings. The normalized spacial score (nSPS) is 23.8. The fourth-order valence-corrected chi connectivity index (χ4v) is 1.58. The number of carboxylic acids is 1. The molecule has 1 aliphatic heterocycles. The van der Waals surface area contributed by atoms with Crippen molar-refractivity contribution in [3.8, 4) is 0 Å². The molecule has 0 aliphatic carbocycles. The number of carbonyl (C=O) groups is 2. The lowest BCUT2D eigenvalue weighted by atomic mass is 10.1. The standard InChI is InChI=1S/C11H18O4/c1-2-3-4-5-8(12)6-7-9-10(15-9)11(13)14/h9-10H,2-7H2,1H3,(H,13,14). The molecule has 0 radical (unpaired) electrons. The second-order valence-electron chi connectivity index (χ2n) is 3.97. The molecule has 0 aromatic carbocycles. The zero-order chi connectivity index (χ0) is 11.3. The Morgan fingerprint density at radius 3 is 2.53 bits per heavy atom. The first-order valence-corrected chi connectivity index (χ1v) is 5.55. The van der Waals surface area contributed by atoms with Gasteiger partial charge in [0.15, 0.2) is 6.10 Å². The number of epoxide rings is 1. The smallest absolute Gasteiger partial charge is 0.335 e. The average Bonchev–Trinajstić information content (AvgIpc) is 2.94. The molecule has 15 heavy (non-hydrogen) atoms. The molecule has 0 amide bonds. The first-order valence-electron chi connectivity index (χ1n) is 5.55. The molecule has 2 atom stereocenters. The molecule has 0 aromatic heterocycles. The average molecular weight is 214 g/mol. The maximum absolute atomic E-state index is 11.3. The molecule has 1 heterocycles. The highest BCUT2D eigenvalue weighted by Crippen LogP contribution is 2.26. The SMILES string of the molecule is CCCCCC(=O)CCC1OC1C(=O)O. The van der Waals surface area contributed by atoms with Crippen LogP contribution in [0.5, 0.6) is 0 Å². The minimum Gasteiger partial charge on any atom is -0.479 e. The van der Waals surface area contributed by atoms with E-state index in [0.717, 1.165) is 19.3 Å². The number of rotatable bonds is 8. The number of unbranched alkanes of at least 4 members (excludes halogenated alkanes) is 2. The molecule has 0 aromatic rings. The molecule has 1 rings (SSSR count). The summed E-state index contributed by atoms with van der Waals surface area (Å²) in [6.07, 6.45) is 3.90. The Kier molecular flexibility index (Phi) is 4.75. The predicted molar refractivity (Wildman–Crippen MR) is 54.7 cm³/mol. The second-order valence-corrected chi connectivity index (χ2v) is 3.97. The molecule has 4 heteroatoms. The van der Waals surface area contributed by atoms with Crippen LogP contribution in [0.4, 0.5) is 0 Å². The van der Waals surface area contributed by atoms with E-state index in [4.69, 9.17) is 9.84 Å². The van der Waals surface area contributed by atoms with Crippen LogP contribution in [0.3, 0.4) is 0 Å². The van der Waals surface area contributed by atoms with E-state index in [2.05, 4.69) is 6.92 Å². The van der Waals surface area contributed by atoms with E-state index >= 15 is 0 Å². The summed E-state index contributed by atoms with van der Waals surface area (Å²) in [6.45, 7) is 2.10. The first-order chi connectivity index (χ1) is 7.15. The van der Waals surface area contributed by atoms with Crippen LogP contribution in [0.25, 0.3) is 0 Å². The predicted octanol–water partition coefficient (Wildman–Crippen LogP) is 1.77. The minimum absolute atomic E-state index is 0.224. The van der Waals surface area contributed by atoms with Crippen molar-refractivity contribution in [2.45, 2.75) is 57.7 Å². The molecule has 86 valence electrons. The lowest BCUT2D eigenvalue weighted by molar-refractivity contribution is -0.138. The van der Waals surface area contributed by atoms with Crippen LogP contribution < -0.4 is 0 Å². The van der Waals surface area contributed by atoms with Crippen molar-refractivity contribution in [1.29, 1.82) is 0 Å². The van der Waals surface area contributed by atoms with E-state index < -0.39 is 12.1 Å². The summed E-state index contributed by atoms with van der Waals surface area (Å²) in [5.41, 5.74) is 0. The summed E-state index contributed by atoms with van der Waals surface area (Å²) in [5, 5.41) is 8.55. The van der Waals surface area contributed by atoms with Crippen molar-refractivity contribution in [2.24, 2.45) is 0 Å². The van der Waals surface area contributed by atoms with Gasteiger partial charge in [-0.15, -0.1) is 0 Å². The highest BCUT2D eigenvalue weighted by atomic mass is 16.6. The summed E-state index contributed by atoms with van der Waals surface area (Å²) < 4.78 is 4.90. The van der Waals surface area contributed by atoms with E-state index in [9.17, 15) is 9.59 Å². The van der Waals surface area contributed by atoms with Crippen LogP contribution in [-0.2, 0) is 14.3 Å². The number of carboxylic acid groups (broad SMARTS) is 1. The first kappa shape index (κ1) is 12.2. The lowest BCUT2D eigenvalue weighted by Gasteiger charge is -1.98. The maximum Gasteiger partial charge on any atom is 0.335 e. The third-order valence-electron chi connectivity index (χ3n) is 2.59. The molecule has 0 bridgehead atoms. The third kappa shape index (κ3) is 4.42. The fourth-order valence-electron chi connectivity index (χ4n) is 1.58. The number of ketones is 1. The molecule has 0 spiro atoms. The van der Waals surface area contributed by atoms with Crippen LogP contribution in [0, 0.1) is 0 Å². The van der Waals surface area contributed by atoms with Crippen LogP contribution in [0.15, 0.2) is 0 Å². The highest BCUT2D eigenvalue weighted by Gasteiger charge is 2.44. The quantitative estimate of drug-likeness (QED) is 0.494. The number of hydrogen-bond donors (Lipinski definition) is 1. The zero-order valence-corrected chi connectivity index (χ0v) is 9.07. The number of hydrogen-bond acceptors (Lipinski definition) is 3. The summed E-state index contributed by atoms with van der Waals surface area (Å²) in [5.74, 6) is -0.693. The van der Waals surface area contributed by atoms with Gasteiger partial charge in [0.1, 0.15) is 5.78 Å². The van der Waals surface area contributed by atoms with Crippen LogP contribution in [0.2, 0.25) is 0 Å². The summed E-state index contributed by atoms with van der Waals surface area (Å²) in [6, 6.07) is 0. The van der Waals surface area contributed by atoms with Gasteiger partial charge in [-0.2, -0.15) is 0 Å². The Hall–Kier alpha value is -0.900. The van der Waals surface area contributed by atoms with Gasteiger partial charge in [0.2, 0.25) is 0 Å². The summed E-state index contributed by atoms with van der Waals surface area (Å²) in [7, 11) is 0. The Labute approximate surface area is 89.6 Å². The third-order valence-corrected chi connectivity index (χ3v) is 2.59. The maximum atomic E-state index is 11.3. The minimum atomic E-state index is -0.918. The molecule has 0 saturated carbocycles. The number of carbonyl (C=O) groups excluding carboxylic acids is 1. The second kappa shape index (κ2) is 5.85. The van der Waals surface area contributed by atoms with Crippen molar-refractivity contribution in [3.63, 3.8) is 0 Å². The van der Waals surface area contributed by atoms with Gasteiger partial charge in [-0.3, -0.25) is 4.79 Å². The Bertz CT molecular complexity index is 237. The monoisotopic (exact) mass is 214 g/mol. The van der Waals surface area contributed by atoms with E-state index in [1.807, 2.05) is 0 Å². The van der Waals surface area contributed by atoms with Crippen LogP contribution in [-0.4, -0.2) is 29.1 Å². The topological polar surface area (TPSA) is 66.9 Å². The highest BCUT2D eigenvalue weighted by molar-refractivity contribution is 5.79. The van der Waals surface area contributed by atoms with Crippen molar-refractivity contribution in [2.75, 3.05) is 0 Å². The van der Waals surface area contributed by atoms with Gasteiger partial charge in [-0.05, 0) is 12.8 Å². The van der Waals surface area contributed by atoms with Crippen LogP contribution >= 0.6 is 0 Å². The largest absolute Gasteiger partial charge is 0.479 e. The van der Waals surface area contributed by atoms with E-state index in [1.54, 1.807) is 0 Å². The van der Waals surface area contributed by atoms with Crippen molar-refractivity contribution in [1.82, 2.24) is 0 Å². The van der Waals surface area contributed by atoms with Gasteiger partial charge in [0.05, 0.1) is 6.10 Å². The number of aliphatic carboxylic acids is 1. The molecular formula is C11H18O4. The van der Waals surface area contributed by atoms with Crippen molar-refractivity contribution < 1.29 is 19.4 Å². The van der Waals surface area contributed by atoms with Crippen molar-refractivity contribution >= 4 is 11.8 Å². The van der Waals surface area contributed by atoms with Crippen LogP contribution in [0.1, 0.15) is 45.4 Å². The van der Waals surface area contributed by atoms with E-state index in [0.29, 0.717) is 19.3 Å². The molecule has 1 N–H and O–H groups in total. The van der Waals surface area contributed by atoms with Gasteiger partial charge < -0.3 is 9.84 Å². The Morgan fingerprint density at radius 1 is 1.27 bits per heavy atom. The van der Waals surface area contributed by atoms with Gasteiger partial charge in [0, 0.05) is 12.8 Å². The Morgan fingerprint density at radius 2 is 2.00 bits per heavy atom. The fraction of sp³-hybridized carbons (Fsp3) is 0.818. The molecular weight excluding hydrogens is 196 g/mol. The number of Topliss-reactive ketones (excluding diaryl/α,β-unsaturated/α-hetero) is 1. The Balaban J connectivity index is 2.01. The zero-order valence-electron chi connectivity index (χ0n) is 9.07. The van der Waals surface area contributed by atoms with E-state index in [1.165, 1.54) is 0 Å². The molecule has 1 fully saturated rings. The molecule has 1 saturated heterocycles. The van der Waals surface area contributed by atoms with Gasteiger partial charge >= 0.3 is 5.97 Å². The van der Waals surface area contributed by atoms with Gasteiger partial charge in [0.25, 0.3) is 0 Å². The number of ether oxygens (including phenoxy) is 1. The van der Waals surface area contributed by atoms with Gasteiger partial charge in [-0.1, -0.05) is 19.8 Å². The molecule has 2 unspecified atom stereocenters. The molecule has 4 nitrogen and oxygen atoms in total. The van der Waals surface area contributed by atoms with E-state index in [-0.39, 0.29) is 11.9 Å². The lowest BCUT2D eigenvalue weighted by Crippen LogP contribution is -2.09. The summed E-state index contributed by atoms with van der Waals surface area (Å²) >= 11 is 0. The van der Waals surface area contributed by atoms with Gasteiger partial charge in [-0.25, -0.2) is 4.79 Å². The summed E-state index contributed by atoms with van der Waals surface area (Å²) in [4.78, 5) is 21.7. The van der Waals surface area contributed by atoms with Crippen molar-refractivity contribution in [3.05, 3.63) is 0 Å².